The molecule has 0 radical (unpaired) electrons. The van der Waals surface area contributed by atoms with Crippen LogP contribution in [0.25, 0.3) is 10.9 Å². The number of carbonyl (C=O) groups is 2. The number of nitrogens with one attached hydrogen (secondary N) is 1. The fourth-order valence-electron chi connectivity index (χ4n) is 3.77. The third-order valence-corrected chi connectivity index (χ3v) is 5.33. The molecule has 2 N–H and O–H groups in total. The van der Waals surface area contributed by atoms with Gasteiger partial charge in [-0.25, -0.2) is 0 Å². The van der Waals surface area contributed by atoms with E-state index < -0.39 is 12.0 Å². The van der Waals surface area contributed by atoms with Crippen LogP contribution in [0.15, 0.2) is 54.7 Å². The number of aromatic amines is 1. The maximum atomic E-state index is 12.1. The number of nitrogens with zero attached hydrogens (tertiary/aromatic N) is 2. The van der Waals surface area contributed by atoms with E-state index in [1.165, 1.54) is 0 Å². The smallest absolute Gasteiger partial charge is 0.325 e. The number of ether oxygens (including phenoxy) is 1. The number of amides is 1. The summed E-state index contributed by atoms with van der Waals surface area (Å²) < 4.78 is 5.92. The normalized spacial score (nSPS) is 15.9. The highest BCUT2D eigenvalue weighted by atomic mass is 16.5. The number of piperazine rings is 1. The molecular formula is C22H23N3O4. The van der Waals surface area contributed by atoms with Gasteiger partial charge in [-0.1, -0.05) is 30.3 Å². The molecular weight excluding hydrogens is 370 g/mol. The van der Waals surface area contributed by atoms with E-state index in [9.17, 15) is 14.7 Å². The molecule has 2 heterocycles. The molecule has 7 nitrogen and oxygen atoms in total. The van der Waals surface area contributed by atoms with Crippen molar-refractivity contribution < 1.29 is 19.4 Å². The van der Waals surface area contributed by atoms with Gasteiger partial charge in [0.05, 0.1) is 0 Å². The Bertz CT molecular complexity index is 994. The van der Waals surface area contributed by atoms with Crippen LogP contribution < -0.4 is 4.74 Å². The quantitative estimate of drug-likeness (QED) is 0.603. The average molecular weight is 393 g/mol. The van der Waals surface area contributed by atoms with E-state index in [2.05, 4.69) is 4.98 Å². The lowest BCUT2D eigenvalue weighted by atomic mass is 10.0. The predicted molar refractivity (Wildman–Crippen MR) is 109 cm³/mol. The number of benzene rings is 2. The number of H-pyrrole nitrogens is 1. The number of aliphatic carboxylic acids is 1. The van der Waals surface area contributed by atoms with E-state index in [4.69, 9.17) is 4.74 Å². The van der Waals surface area contributed by atoms with Gasteiger partial charge in [-0.05, 0) is 23.8 Å². The van der Waals surface area contributed by atoms with Crippen LogP contribution in [0.1, 0.15) is 17.2 Å². The number of carboxylic acid groups (broad SMARTS) is 1. The third-order valence-electron chi connectivity index (χ3n) is 5.33. The minimum absolute atomic E-state index is 0.447. The van der Waals surface area contributed by atoms with Crippen molar-refractivity contribution in [1.82, 2.24) is 14.8 Å². The van der Waals surface area contributed by atoms with Gasteiger partial charge in [0, 0.05) is 48.8 Å². The highest BCUT2D eigenvalue weighted by Crippen LogP contribution is 2.32. The van der Waals surface area contributed by atoms with Gasteiger partial charge in [0.15, 0.2) is 0 Å². The summed E-state index contributed by atoms with van der Waals surface area (Å²) in [6.07, 6.45) is 2.58. The first-order chi connectivity index (χ1) is 14.2. The highest BCUT2D eigenvalue weighted by molar-refractivity contribution is 5.90. The lowest BCUT2D eigenvalue weighted by molar-refractivity contribution is -0.144. The van der Waals surface area contributed by atoms with Crippen LogP contribution in [0.4, 0.5) is 0 Å². The largest absolute Gasteiger partial charge is 0.489 e. The number of carboxylic acids is 1. The van der Waals surface area contributed by atoms with Crippen molar-refractivity contribution in [3.05, 3.63) is 65.9 Å². The van der Waals surface area contributed by atoms with Crippen LogP contribution in [0.3, 0.4) is 0 Å². The topological polar surface area (TPSA) is 85.9 Å². The average Bonchev–Trinajstić information content (AvgIpc) is 3.16. The summed E-state index contributed by atoms with van der Waals surface area (Å²) in [5.41, 5.74) is 2.64. The van der Waals surface area contributed by atoms with E-state index in [0.29, 0.717) is 44.1 Å². The first-order valence-electron chi connectivity index (χ1n) is 9.59. The van der Waals surface area contributed by atoms with Gasteiger partial charge in [0.1, 0.15) is 18.4 Å². The van der Waals surface area contributed by atoms with Gasteiger partial charge in [0.2, 0.25) is 6.41 Å². The van der Waals surface area contributed by atoms with Crippen LogP contribution in [-0.4, -0.2) is 58.4 Å². The van der Waals surface area contributed by atoms with Crippen molar-refractivity contribution in [3.8, 4) is 5.75 Å². The maximum absolute atomic E-state index is 12.1. The Morgan fingerprint density at radius 1 is 1.14 bits per heavy atom. The SMILES string of the molecule is O=CN1CCN(C(C(=O)O)c2c[nH]c3ccc(OCc4ccccc4)cc23)CC1. The van der Waals surface area contributed by atoms with E-state index in [1.54, 1.807) is 11.1 Å². The molecule has 1 aliphatic heterocycles. The van der Waals surface area contributed by atoms with Crippen LogP contribution in [-0.2, 0) is 16.2 Å². The summed E-state index contributed by atoms with van der Waals surface area (Å²) in [7, 11) is 0. The minimum Gasteiger partial charge on any atom is -0.489 e. The van der Waals surface area contributed by atoms with E-state index in [0.717, 1.165) is 22.9 Å². The number of rotatable bonds is 7. The zero-order chi connectivity index (χ0) is 20.2. The van der Waals surface area contributed by atoms with Crippen molar-refractivity contribution >= 4 is 23.3 Å². The van der Waals surface area contributed by atoms with Gasteiger partial charge in [-0.3, -0.25) is 14.5 Å². The summed E-state index contributed by atoms with van der Waals surface area (Å²) in [4.78, 5) is 29.8. The van der Waals surface area contributed by atoms with Crippen molar-refractivity contribution in [2.45, 2.75) is 12.6 Å². The van der Waals surface area contributed by atoms with E-state index in [1.807, 2.05) is 53.4 Å². The molecule has 1 saturated heterocycles. The summed E-state index contributed by atoms with van der Waals surface area (Å²) in [5, 5.41) is 10.8. The lowest BCUT2D eigenvalue weighted by Crippen LogP contribution is -2.48. The molecule has 1 amide bonds. The second-order valence-electron chi connectivity index (χ2n) is 7.14. The molecule has 29 heavy (non-hydrogen) atoms. The summed E-state index contributed by atoms with van der Waals surface area (Å²) in [6, 6.07) is 14.8. The molecule has 3 aromatic rings. The fourth-order valence-corrected chi connectivity index (χ4v) is 3.77. The van der Waals surface area contributed by atoms with Gasteiger partial charge in [0.25, 0.3) is 0 Å². The van der Waals surface area contributed by atoms with Gasteiger partial charge in [-0.15, -0.1) is 0 Å². The highest BCUT2D eigenvalue weighted by Gasteiger charge is 2.32. The molecule has 1 unspecified atom stereocenters. The summed E-state index contributed by atoms with van der Waals surface area (Å²) in [6.45, 7) is 2.55. The van der Waals surface area contributed by atoms with Crippen LogP contribution in [0.5, 0.6) is 5.75 Å². The Morgan fingerprint density at radius 2 is 1.90 bits per heavy atom. The zero-order valence-electron chi connectivity index (χ0n) is 16.0. The van der Waals surface area contributed by atoms with Crippen LogP contribution in [0.2, 0.25) is 0 Å². The fraction of sp³-hybridized carbons (Fsp3) is 0.273. The summed E-state index contributed by atoms with van der Waals surface area (Å²) in [5.74, 6) is -0.210. The van der Waals surface area contributed by atoms with Crippen molar-refractivity contribution in [3.63, 3.8) is 0 Å². The second-order valence-corrected chi connectivity index (χ2v) is 7.14. The molecule has 7 heteroatoms. The van der Waals surface area contributed by atoms with Gasteiger partial charge in [-0.2, -0.15) is 0 Å². The monoisotopic (exact) mass is 393 g/mol. The maximum Gasteiger partial charge on any atom is 0.325 e. The van der Waals surface area contributed by atoms with Gasteiger partial charge < -0.3 is 19.7 Å². The Morgan fingerprint density at radius 3 is 2.59 bits per heavy atom. The zero-order valence-corrected chi connectivity index (χ0v) is 16.0. The molecule has 1 atom stereocenters. The lowest BCUT2D eigenvalue weighted by Gasteiger charge is -2.36. The third kappa shape index (κ3) is 4.09. The van der Waals surface area contributed by atoms with E-state index in [-0.39, 0.29) is 0 Å². The van der Waals surface area contributed by atoms with Crippen LogP contribution in [0, 0.1) is 0 Å². The molecule has 1 aliphatic rings. The van der Waals surface area contributed by atoms with Crippen LogP contribution >= 0.6 is 0 Å². The number of carbonyl (C=O) groups excluding carboxylic acids is 1. The van der Waals surface area contributed by atoms with E-state index >= 15 is 0 Å². The van der Waals surface area contributed by atoms with Crippen molar-refractivity contribution in [2.75, 3.05) is 26.2 Å². The number of hydrogen-bond donors (Lipinski definition) is 2. The van der Waals surface area contributed by atoms with Crippen molar-refractivity contribution in [2.24, 2.45) is 0 Å². The first-order valence-corrected chi connectivity index (χ1v) is 9.59. The molecule has 150 valence electrons. The van der Waals surface area contributed by atoms with Crippen molar-refractivity contribution in [1.29, 1.82) is 0 Å². The Labute approximate surface area is 168 Å². The standard InChI is InChI=1S/C22H23N3O4/c26-15-24-8-10-25(11-9-24)21(22(27)28)19-13-23-20-7-6-17(12-18(19)20)29-14-16-4-2-1-3-5-16/h1-7,12-13,15,21,23H,8-11,14H2,(H,27,28). The summed E-state index contributed by atoms with van der Waals surface area (Å²) >= 11 is 0. The Kier molecular flexibility index (Phi) is 5.48. The molecule has 0 spiro atoms. The predicted octanol–water partition coefficient (Wildman–Crippen LogP) is 2.65. The molecule has 2 aromatic carbocycles. The Balaban J connectivity index is 1.58. The molecule has 0 saturated carbocycles. The number of fused-ring (bicyclic) bond motifs is 1. The van der Waals surface area contributed by atoms with Gasteiger partial charge >= 0.3 is 5.97 Å². The molecule has 1 aromatic heterocycles. The molecule has 4 rings (SSSR count). The molecule has 0 bridgehead atoms. The Hall–Kier alpha value is -3.32. The molecule has 1 fully saturated rings. The minimum atomic E-state index is -0.902. The number of aromatic nitrogens is 1. The number of hydrogen-bond acceptors (Lipinski definition) is 4. The second kappa shape index (κ2) is 8.36. The molecule has 0 aliphatic carbocycles. The first kappa shape index (κ1) is 19.0.